The Morgan fingerprint density at radius 1 is 1.42 bits per heavy atom. The van der Waals surface area contributed by atoms with Crippen molar-refractivity contribution in [3.8, 4) is 12.3 Å². The second-order valence-corrected chi connectivity index (χ2v) is 4.08. The molecule has 1 aliphatic heterocycles. The van der Waals surface area contributed by atoms with E-state index in [1.807, 2.05) is 4.98 Å². The Hall–Kier alpha value is -1.92. The zero-order valence-corrected chi connectivity index (χ0v) is 9.68. The van der Waals surface area contributed by atoms with Crippen LogP contribution in [0, 0.1) is 12.3 Å². The average Bonchev–Trinajstić information content (AvgIpc) is 2.67. The van der Waals surface area contributed by atoms with Crippen LogP contribution in [0.5, 0.6) is 0 Å². The summed E-state index contributed by atoms with van der Waals surface area (Å²) in [5.74, 6) is 2.09. The van der Waals surface area contributed by atoms with Gasteiger partial charge in [-0.2, -0.15) is 0 Å². The second-order valence-electron chi connectivity index (χ2n) is 4.08. The van der Waals surface area contributed by atoms with E-state index in [2.05, 4.69) is 5.92 Å². The van der Waals surface area contributed by atoms with E-state index in [0.29, 0.717) is 0 Å². The Morgan fingerprint density at radius 2 is 2.11 bits per heavy atom. The van der Waals surface area contributed by atoms with Crippen molar-refractivity contribution in [2.24, 2.45) is 0 Å². The number of aromatic nitrogens is 2. The van der Waals surface area contributed by atoms with Crippen LogP contribution in [0.1, 0.15) is 11.8 Å². The van der Waals surface area contributed by atoms with Gasteiger partial charge in [-0.3, -0.25) is 14.3 Å². The Morgan fingerprint density at radius 3 is 2.63 bits per heavy atom. The normalized spacial score (nSPS) is 30.2. The average molecular weight is 268 g/mol. The maximum Gasteiger partial charge on any atom is 0.330 e. The molecule has 8 heteroatoms. The molecule has 0 spiro atoms. The molecular formula is C11H12N2O6. The second kappa shape index (κ2) is 4.99. The Bertz CT molecular complexity index is 627. The third kappa shape index (κ3) is 2.20. The first-order valence-electron chi connectivity index (χ1n) is 5.44. The summed E-state index contributed by atoms with van der Waals surface area (Å²) < 4.78 is 6.04. The lowest BCUT2D eigenvalue weighted by molar-refractivity contribution is -0.0550. The van der Waals surface area contributed by atoms with Crippen molar-refractivity contribution in [2.75, 3.05) is 6.61 Å². The number of rotatable bonds is 2. The van der Waals surface area contributed by atoms with E-state index in [9.17, 15) is 19.8 Å². The lowest BCUT2D eigenvalue weighted by atomic mass is 10.1. The highest BCUT2D eigenvalue weighted by atomic mass is 16.6. The number of aromatic amines is 1. The van der Waals surface area contributed by atoms with Gasteiger partial charge in [0.05, 0.1) is 6.61 Å². The zero-order valence-electron chi connectivity index (χ0n) is 9.68. The van der Waals surface area contributed by atoms with Gasteiger partial charge in [-0.25, -0.2) is 4.79 Å². The fourth-order valence-electron chi connectivity index (χ4n) is 1.89. The first kappa shape index (κ1) is 13.5. The molecule has 0 aromatic carbocycles. The summed E-state index contributed by atoms with van der Waals surface area (Å²) in [5, 5.41) is 28.3. The van der Waals surface area contributed by atoms with Crippen LogP contribution in [-0.2, 0) is 4.74 Å². The van der Waals surface area contributed by atoms with Gasteiger partial charge in [-0.05, 0) is 0 Å². The summed E-state index contributed by atoms with van der Waals surface area (Å²) in [5.41, 5.74) is -1.67. The number of nitrogens with one attached hydrogen (secondary N) is 1. The minimum Gasteiger partial charge on any atom is -0.394 e. The van der Waals surface area contributed by atoms with Crippen molar-refractivity contribution in [3.63, 3.8) is 0 Å². The predicted octanol–water partition coefficient (Wildman–Crippen LogP) is -2.87. The number of nitrogens with zero attached hydrogens (tertiary/aromatic N) is 1. The van der Waals surface area contributed by atoms with E-state index in [0.717, 1.165) is 10.8 Å². The molecule has 0 saturated carbocycles. The van der Waals surface area contributed by atoms with E-state index in [-0.39, 0.29) is 5.56 Å². The standard InChI is InChI=1S/C11H12N2O6/c1-2-5-3-13(11(18)12-9(5)17)10-8(16)7(15)6(4-14)19-10/h1,3,6-8,10,14-16H,4H2,(H,12,17,18)/t6-,7?,8+,10-/m1/s1. The predicted molar refractivity (Wildman–Crippen MR) is 62.3 cm³/mol. The quantitative estimate of drug-likeness (QED) is 0.427. The fraction of sp³-hybridized carbons (Fsp3) is 0.455. The molecule has 1 aliphatic rings. The van der Waals surface area contributed by atoms with Crippen LogP contribution < -0.4 is 11.2 Å². The van der Waals surface area contributed by atoms with Crippen molar-refractivity contribution in [2.45, 2.75) is 24.5 Å². The van der Waals surface area contributed by atoms with Crippen LogP contribution in [-0.4, -0.2) is 49.8 Å². The molecule has 1 saturated heterocycles. The SMILES string of the molecule is C#Cc1cn([C@@H]2O[C@H](CO)C(O)[C@@H]2O)c(=O)[nH]c1=O. The molecule has 1 aromatic rings. The lowest BCUT2D eigenvalue weighted by Crippen LogP contribution is -2.38. The van der Waals surface area contributed by atoms with Crippen molar-refractivity contribution in [1.29, 1.82) is 0 Å². The third-order valence-corrected chi connectivity index (χ3v) is 2.91. The Labute approximate surface area is 106 Å². The molecule has 4 N–H and O–H groups in total. The number of aliphatic hydroxyl groups excluding tert-OH is 3. The highest BCUT2D eigenvalue weighted by Crippen LogP contribution is 2.27. The monoisotopic (exact) mass is 268 g/mol. The molecule has 2 rings (SSSR count). The Balaban J connectivity index is 2.46. The van der Waals surface area contributed by atoms with Gasteiger partial charge in [-0.1, -0.05) is 5.92 Å². The molecule has 4 atom stereocenters. The first-order valence-corrected chi connectivity index (χ1v) is 5.44. The summed E-state index contributed by atoms with van der Waals surface area (Å²) in [7, 11) is 0. The molecule has 0 radical (unpaired) electrons. The molecule has 8 nitrogen and oxygen atoms in total. The van der Waals surface area contributed by atoms with Gasteiger partial charge >= 0.3 is 5.69 Å². The minimum absolute atomic E-state index is 0.114. The largest absolute Gasteiger partial charge is 0.394 e. The van der Waals surface area contributed by atoms with Gasteiger partial charge in [-0.15, -0.1) is 6.42 Å². The van der Waals surface area contributed by atoms with Crippen molar-refractivity contribution >= 4 is 0 Å². The van der Waals surface area contributed by atoms with Gasteiger partial charge in [0.15, 0.2) is 6.23 Å². The van der Waals surface area contributed by atoms with Gasteiger partial charge in [0.25, 0.3) is 5.56 Å². The molecule has 0 aliphatic carbocycles. The number of hydrogen-bond acceptors (Lipinski definition) is 6. The smallest absolute Gasteiger partial charge is 0.330 e. The summed E-state index contributed by atoms with van der Waals surface area (Å²) in [6.07, 6.45) is 1.14. The zero-order chi connectivity index (χ0) is 14.2. The summed E-state index contributed by atoms with van der Waals surface area (Å²) in [6.45, 7) is -0.519. The van der Waals surface area contributed by atoms with Crippen LogP contribution >= 0.6 is 0 Å². The van der Waals surface area contributed by atoms with Crippen LogP contribution in [0.3, 0.4) is 0 Å². The third-order valence-electron chi connectivity index (χ3n) is 2.91. The molecular weight excluding hydrogens is 256 g/mol. The van der Waals surface area contributed by atoms with E-state index < -0.39 is 42.4 Å². The molecule has 102 valence electrons. The number of hydrogen-bond donors (Lipinski definition) is 4. The maximum atomic E-state index is 11.6. The summed E-state index contributed by atoms with van der Waals surface area (Å²) in [4.78, 5) is 24.9. The molecule has 2 heterocycles. The van der Waals surface area contributed by atoms with Gasteiger partial charge < -0.3 is 20.1 Å². The molecule has 0 bridgehead atoms. The molecule has 1 aromatic heterocycles. The lowest BCUT2D eigenvalue weighted by Gasteiger charge is -2.17. The molecule has 0 amide bonds. The fourth-order valence-corrected chi connectivity index (χ4v) is 1.89. The molecule has 1 unspecified atom stereocenters. The van der Waals surface area contributed by atoms with E-state index in [1.165, 1.54) is 0 Å². The van der Waals surface area contributed by atoms with E-state index >= 15 is 0 Å². The molecule has 19 heavy (non-hydrogen) atoms. The van der Waals surface area contributed by atoms with Crippen LogP contribution in [0.25, 0.3) is 0 Å². The van der Waals surface area contributed by atoms with Gasteiger partial charge in [0.2, 0.25) is 0 Å². The minimum atomic E-state index is -1.42. The van der Waals surface area contributed by atoms with Crippen molar-refractivity contribution in [1.82, 2.24) is 9.55 Å². The number of terminal acetylenes is 1. The Kier molecular flexibility index (Phi) is 3.55. The number of H-pyrrole nitrogens is 1. The van der Waals surface area contributed by atoms with Crippen LogP contribution in [0.15, 0.2) is 15.8 Å². The highest BCUT2D eigenvalue weighted by molar-refractivity contribution is 5.26. The van der Waals surface area contributed by atoms with E-state index in [4.69, 9.17) is 16.3 Å². The first-order chi connectivity index (χ1) is 8.99. The maximum absolute atomic E-state index is 11.6. The van der Waals surface area contributed by atoms with E-state index in [1.54, 1.807) is 0 Å². The van der Waals surface area contributed by atoms with Crippen LogP contribution in [0.2, 0.25) is 0 Å². The topological polar surface area (TPSA) is 125 Å². The highest BCUT2D eigenvalue weighted by Gasteiger charge is 2.43. The van der Waals surface area contributed by atoms with Gasteiger partial charge in [0.1, 0.15) is 23.9 Å². The summed E-state index contributed by atoms with van der Waals surface area (Å²) >= 11 is 0. The van der Waals surface area contributed by atoms with Crippen LogP contribution in [0.4, 0.5) is 0 Å². The number of aliphatic hydroxyl groups is 3. The van der Waals surface area contributed by atoms with Gasteiger partial charge in [0, 0.05) is 6.20 Å². The molecule has 1 fully saturated rings. The summed E-state index contributed by atoms with van der Waals surface area (Å²) in [6, 6.07) is 0. The van der Waals surface area contributed by atoms with Crippen molar-refractivity contribution in [3.05, 3.63) is 32.6 Å². The number of ether oxygens (including phenoxy) is 1. The van der Waals surface area contributed by atoms with Crippen molar-refractivity contribution < 1.29 is 20.1 Å².